The van der Waals surface area contributed by atoms with E-state index in [4.69, 9.17) is 4.74 Å². The molecule has 0 aliphatic rings. The van der Waals surface area contributed by atoms with Crippen LogP contribution in [0.25, 0.3) is 0 Å². The molecule has 2 atom stereocenters. The van der Waals surface area contributed by atoms with Gasteiger partial charge in [-0.2, -0.15) is 0 Å². The van der Waals surface area contributed by atoms with Crippen molar-refractivity contribution in [3.63, 3.8) is 0 Å². The molecule has 0 spiro atoms. The number of benzene rings is 2. The molecule has 8 nitrogen and oxygen atoms in total. The van der Waals surface area contributed by atoms with Gasteiger partial charge in [-0.15, -0.1) is 0 Å². The molecule has 0 aliphatic heterocycles. The van der Waals surface area contributed by atoms with Crippen molar-refractivity contribution in [1.82, 2.24) is 10.2 Å². The van der Waals surface area contributed by atoms with Gasteiger partial charge in [-0.25, -0.2) is 8.42 Å². The van der Waals surface area contributed by atoms with Gasteiger partial charge in [0.05, 0.1) is 19.1 Å². The SMILES string of the molecule is CC[C@H](C(=O)N[C@@H](C)CC)N(Cc1ccc(OC)cc1)C(=O)CCCN(c1ccc(C)c(C)c1)S(C)(=O)=O. The van der Waals surface area contributed by atoms with Crippen molar-refractivity contribution < 1.29 is 22.7 Å². The maximum absolute atomic E-state index is 13.6. The van der Waals surface area contributed by atoms with Crippen LogP contribution in [0.2, 0.25) is 0 Å². The molecule has 9 heteroatoms. The molecule has 0 bridgehead atoms. The van der Waals surface area contributed by atoms with Gasteiger partial charge in [0.25, 0.3) is 0 Å². The lowest BCUT2D eigenvalue weighted by Crippen LogP contribution is -2.50. The normalized spacial score (nSPS) is 12.9. The van der Waals surface area contributed by atoms with Gasteiger partial charge in [0.2, 0.25) is 21.8 Å². The topological polar surface area (TPSA) is 96.0 Å². The fraction of sp³-hybridized carbons (Fsp3) is 0.517. The van der Waals surface area contributed by atoms with Crippen molar-refractivity contribution in [1.29, 1.82) is 0 Å². The monoisotopic (exact) mass is 545 g/mol. The van der Waals surface area contributed by atoms with Crippen molar-refractivity contribution in [3.05, 3.63) is 59.2 Å². The van der Waals surface area contributed by atoms with Gasteiger partial charge in [0.15, 0.2) is 0 Å². The number of nitrogens with zero attached hydrogens (tertiary/aromatic N) is 2. The van der Waals surface area contributed by atoms with E-state index in [0.29, 0.717) is 24.3 Å². The second-order valence-corrected chi connectivity index (χ2v) is 11.7. The van der Waals surface area contributed by atoms with Crippen LogP contribution in [0.1, 0.15) is 63.1 Å². The lowest BCUT2D eigenvalue weighted by molar-refractivity contribution is -0.141. The Kier molecular flexibility index (Phi) is 11.6. The first-order chi connectivity index (χ1) is 17.9. The van der Waals surface area contributed by atoms with E-state index in [0.717, 1.165) is 23.1 Å². The number of carbonyl (C=O) groups excluding carboxylic acids is 2. The third-order valence-electron chi connectivity index (χ3n) is 6.83. The van der Waals surface area contributed by atoms with Gasteiger partial charge in [0, 0.05) is 25.6 Å². The van der Waals surface area contributed by atoms with Crippen molar-refractivity contribution in [2.45, 2.75) is 78.9 Å². The lowest BCUT2D eigenvalue weighted by Gasteiger charge is -2.32. The number of amides is 2. The van der Waals surface area contributed by atoms with Gasteiger partial charge in [0.1, 0.15) is 11.8 Å². The number of carbonyl (C=O) groups is 2. The molecule has 2 amide bonds. The predicted molar refractivity (Wildman–Crippen MR) is 153 cm³/mol. The highest BCUT2D eigenvalue weighted by atomic mass is 32.2. The summed E-state index contributed by atoms with van der Waals surface area (Å²) in [4.78, 5) is 28.3. The highest BCUT2D eigenvalue weighted by Gasteiger charge is 2.29. The van der Waals surface area contributed by atoms with Gasteiger partial charge >= 0.3 is 0 Å². The Labute approximate surface area is 228 Å². The molecule has 0 aromatic heterocycles. The molecular formula is C29H43N3O5S. The Morgan fingerprint density at radius 2 is 1.66 bits per heavy atom. The molecule has 0 heterocycles. The molecule has 0 unspecified atom stereocenters. The molecule has 0 fully saturated rings. The Balaban J connectivity index is 2.24. The van der Waals surface area contributed by atoms with Crippen LogP contribution in [0, 0.1) is 13.8 Å². The van der Waals surface area contributed by atoms with Crippen molar-refractivity contribution in [3.8, 4) is 5.75 Å². The van der Waals surface area contributed by atoms with Crippen molar-refractivity contribution in [2.75, 3.05) is 24.2 Å². The van der Waals surface area contributed by atoms with Crippen LogP contribution in [0.15, 0.2) is 42.5 Å². The largest absolute Gasteiger partial charge is 0.497 e. The summed E-state index contributed by atoms with van der Waals surface area (Å²) in [6.45, 7) is 10.2. The number of aryl methyl sites for hydroxylation is 2. The van der Waals surface area contributed by atoms with E-state index in [9.17, 15) is 18.0 Å². The second-order valence-electron chi connectivity index (χ2n) is 9.82. The Morgan fingerprint density at radius 3 is 2.18 bits per heavy atom. The molecule has 0 saturated heterocycles. The maximum atomic E-state index is 13.6. The first-order valence-electron chi connectivity index (χ1n) is 13.2. The Bertz CT molecular complexity index is 1180. The summed E-state index contributed by atoms with van der Waals surface area (Å²) < 4.78 is 31.7. The van der Waals surface area contributed by atoms with E-state index in [1.54, 1.807) is 18.1 Å². The second kappa shape index (κ2) is 14.2. The standard InChI is InChI=1S/C29H43N3O5S/c1-8-23(5)30-29(34)27(9-2)31(20-24-13-16-26(37-6)17-14-24)28(33)11-10-18-32(38(7,35)36)25-15-12-21(3)22(4)19-25/h12-17,19,23,27H,8-11,18,20H2,1-7H3,(H,30,34)/t23-,27+/m0/s1. The predicted octanol–water partition coefficient (Wildman–Crippen LogP) is 4.58. The molecule has 210 valence electrons. The molecule has 38 heavy (non-hydrogen) atoms. The number of ether oxygens (including phenoxy) is 1. The minimum absolute atomic E-state index is 0.00391. The van der Waals surface area contributed by atoms with E-state index in [2.05, 4.69) is 5.32 Å². The minimum atomic E-state index is -3.54. The number of rotatable bonds is 14. The average Bonchev–Trinajstić information content (AvgIpc) is 2.87. The first kappa shape index (κ1) is 31.1. The van der Waals surface area contributed by atoms with Gasteiger partial charge in [-0.1, -0.05) is 32.0 Å². The zero-order valence-electron chi connectivity index (χ0n) is 23.8. The molecular weight excluding hydrogens is 502 g/mol. The third-order valence-corrected chi connectivity index (χ3v) is 8.02. The maximum Gasteiger partial charge on any atom is 0.243 e. The van der Waals surface area contributed by atoms with Crippen LogP contribution < -0.4 is 14.4 Å². The van der Waals surface area contributed by atoms with Crippen LogP contribution in [-0.2, 0) is 26.2 Å². The number of hydrogen-bond acceptors (Lipinski definition) is 5. The van der Waals surface area contributed by atoms with E-state index in [1.165, 1.54) is 10.6 Å². The summed E-state index contributed by atoms with van der Waals surface area (Å²) >= 11 is 0. The zero-order chi connectivity index (χ0) is 28.5. The molecule has 0 saturated carbocycles. The lowest BCUT2D eigenvalue weighted by atomic mass is 10.1. The smallest absolute Gasteiger partial charge is 0.243 e. The van der Waals surface area contributed by atoms with E-state index < -0.39 is 16.1 Å². The number of nitrogens with one attached hydrogen (secondary N) is 1. The molecule has 1 N–H and O–H groups in total. The highest BCUT2D eigenvalue weighted by Crippen LogP contribution is 2.23. The molecule has 0 aliphatic carbocycles. The van der Waals surface area contributed by atoms with Gasteiger partial charge in [-0.3, -0.25) is 13.9 Å². The van der Waals surface area contributed by atoms with Crippen LogP contribution in [0.3, 0.4) is 0 Å². The number of hydrogen-bond donors (Lipinski definition) is 1. The fourth-order valence-corrected chi connectivity index (χ4v) is 5.13. The van der Waals surface area contributed by atoms with E-state index in [1.807, 2.05) is 71.0 Å². The summed E-state index contributed by atoms with van der Waals surface area (Å²) in [5.41, 5.74) is 3.53. The van der Waals surface area contributed by atoms with E-state index in [-0.39, 0.29) is 37.4 Å². The summed E-state index contributed by atoms with van der Waals surface area (Å²) in [6, 6.07) is 12.3. The molecule has 0 radical (unpaired) electrons. The zero-order valence-corrected chi connectivity index (χ0v) is 24.6. The third kappa shape index (κ3) is 8.75. The fourth-order valence-electron chi connectivity index (χ4n) is 4.17. The van der Waals surface area contributed by atoms with Gasteiger partial charge < -0.3 is 15.0 Å². The summed E-state index contributed by atoms with van der Waals surface area (Å²) in [6.07, 6.45) is 2.85. The number of anilines is 1. The van der Waals surface area contributed by atoms with Crippen molar-refractivity contribution in [2.24, 2.45) is 0 Å². The summed E-state index contributed by atoms with van der Waals surface area (Å²) in [7, 11) is -1.95. The first-order valence-corrected chi connectivity index (χ1v) is 15.0. The highest BCUT2D eigenvalue weighted by molar-refractivity contribution is 7.92. The average molecular weight is 546 g/mol. The minimum Gasteiger partial charge on any atom is -0.497 e. The van der Waals surface area contributed by atoms with Crippen molar-refractivity contribution >= 4 is 27.5 Å². The quantitative estimate of drug-likeness (QED) is 0.375. The summed E-state index contributed by atoms with van der Waals surface area (Å²) in [5.74, 6) is 0.331. The van der Waals surface area contributed by atoms with Gasteiger partial charge in [-0.05, 0) is 81.0 Å². The van der Waals surface area contributed by atoms with Crippen LogP contribution in [-0.4, -0.2) is 57.1 Å². The number of methoxy groups -OCH3 is 1. The number of sulfonamides is 1. The Hall–Kier alpha value is -3.07. The molecule has 2 aromatic rings. The Morgan fingerprint density at radius 1 is 1.00 bits per heavy atom. The molecule has 2 aromatic carbocycles. The summed E-state index contributed by atoms with van der Waals surface area (Å²) in [5, 5.41) is 3.01. The molecule has 2 rings (SSSR count). The van der Waals surface area contributed by atoms with E-state index >= 15 is 0 Å². The van der Waals surface area contributed by atoms with Crippen LogP contribution in [0.4, 0.5) is 5.69 Å². The van der Waals surface area contributed by atoms with Crippen LogP contribution >= 0.6 is 0 Å². The van der Waals surface area contributed by atoms with Crippen LogP contribution in [0.5, 0.6) is 5.75 Å².